The van der Waals surface area contributed by atoms with Crippen molar-refractivity contribution in [3.05, 3.63) is 146 Å². The number of aromatic nitrogens is 2. The summed E-state index contributed by atoms with van der Waals surface area (Å²) in [6.45, 7) is 2.00. The summed E-state index contributed by atoms with van der Waals surface area (Å²) in [7, 11) is -2.92. The number of benzene rings is 5. The van der Waals surface area contributed by atoms with E-state index in [0.717, 1.165) is 13.2 Å². The molecule has 3 nitrogen and oxygen atoms in total. The molecule has 2 aromatic heterocycles. The van der Waals surface area contributed by atoms with Crippen LogP contribution in [-0.2, 0) is 4.74 Å². The molecule has 204 valence electrons. The maximum absolute atomic E-state index is 4.94. The van der Waals surface area contributed by atoms with Crippen molar-refractivity contribution in [1.82, 2.24) is 8.47 Å². The van der Waals surface area contributed by atoms with Crippen LogP contribution in [0, 0.1) is 0 Å². The summed E-state index contributed by atoms with van der Waals surface area (Å²) in [4.78, 5) is 0. The van der Waals surface area contributed by atoms with Crippen LogP contribution >= 0.6 is 0 Å². The molecule has 0 unspecified atom stereocenters. The van der Waals surface area contributed by atoms with E-state index in [2.05, 4.69) is 154 Å². The maximum atomic E-state index is 4.94. The van der Waals surface area contributed by atoms with Gasteiger partial charge < -0.3 is 13.2 Å². The Hall–Kier alpha value is -4.64. The van der Waals surface area contributed by atoms with Gasteiger partial charge >= 0.3 is 8.40 Å². The second-order valence-electron chi connectivity index (χ2n) is 11.1. The van der Waals surface area contributed by atoms with Crippen LogP contribution < -0.4 is 10.4 Å². The van der Waals surface area contributed by atoms with Gasteiger partial charge in [-0.3, -0.25) is 0 Å². The summed E-state index contributed by atoms with van der Waals surface area (Å²) in [5, 5.41) is 5.27. The van der Waals surface area contributed by atoms with Gasteiger partial charge in [0.1, 0.15) is 0 Å². The van der Waals surface area contributed by atoms with Gasteiger partial charge in [0.2, 0.25) is 0 Å². The van der Waals surface area contributed by atoms with Crippen LogP contribution in [0.4, 0.5) is 0 Å². The highest BCUT2D eigenvalue weighted by Crippen LogP contribution is 2.44. The fourth-order valence-corrected chi connectivity index (χ4v) is 12.0. The predicted molar refractivity (Wildman–Crippen MR) is 177 cm³/mol. The van der Waals surface area contributed by atoms with Crippen LogP contribution in [0.25, 0.3) is 44.3 Å². The minimum Gasteiger partial charge on any atom is -0.381 e. The molecule has 4 heteroatoms. The number of nitrogens with zero attached hydrogens (tertiary/aromatic N) is 2. The minimum atomic E-state index is -2.92. The van der Waals surface area contributed by atoms with Crippen molar-refractivity contribution < 1.29 is 4.74 Å². The topological polar surface area (TPSA) is 19.1 Å². The van der Waals surface area contributed by atoms with E-state index >= 15 is 0 Å². The number of fused-ring (bicyclic) bond motifs is 9. The van der Waals surface area contributed by atoms with Crippen LogP contribution in [-0.4, -0.2) is 30.1 Å². The molecule has 0 atom stereocenters. The zero-order valence-corrected chi connectivity index (χ0v) is 24.5. The molecular formula is C38H32N2OSi. The molecule has 1 fully saturated rings. The molecule has 7 aromatic rings. The van der Waals surface area contributed by atoms with Gasteiger partial charge in [-0.1, -0.05) is 121 Å². The minimum absolute atomic E-state index is 1.00. The molecule has 0 spiro atoms. The Morgan fingerprint density at radius 3 is 1.29 bits per heavy atom. The zero-order chi connectivity index (χ0) is 27.9. The smallest absolute Gasteiger partial charge is 0.340 e. The molecule has 42 heavy (non-hydrogen) atoms. The standard InChI is InChI=1S/C34H24N2Si.C4H8O/c1-3-15-27(16-4-1)37(28-17-5-2-6-18-28)35-31-21-11-7-13-25(31)23-33(35)29-19-9-10-20-30(29)34-24-26-14-8-12-22-32(26)36(34)37;1-2-4-5-3-1/h1-24H;1-4H2. The van der Waals surface area contributed by atoms with E-state index in [4.69, 9.17) is 4.74 Å². The first-order valence-electron chi connectivity index (χ1n) is 14.9. The molecule has 0 amide bonds. The maximum Gasteiger partial charge on any atom is 0.340 e. The number of hydrogen-bond acceptors (Lipinski definition) is 1. The van der Waals surface area contributed by atoms with Crippen molar-refractivity contribution in [2.24, 2.45) is 0 Å². The third-order valence-electron chi connectivity index (χ3n) is 8.73. The van der Waals surface area contributed by atoms with Crippen LogP contribution in [0.15, 0.2) is 146 Å². The van der Waals surface area contributed by atoms with Crippen molar-refractivity contribution in [3.8, 4) is 22.5 Å². The molecule has 0 saturated carbocycles. The van der Waals surface area contributed by atoms with E-state index in [1.807, 2.05) is 0 Å². The highest BCUT2D eigenvalue weighted by molar-refractivity contribution is 7.01. The summed E-state index contributed by atoms with van der Waals surface area (Å²) < 4.78 is 10.4. The van der Waals surface area contributed by atoms with Gasteiger partial charge in [0.15, 0.2) is 0 Å². The third-order valence-corrected chi connectivity index (χ3v) is 13.3. The Bertz CT molecular complexity index is 1870. The molecule has 0 bridgehead atoms. The molecule has 4 heterocycles. The van der Waals surface area contributed by atoms with Gasteiger partial charge in [-0.15, -0.1) is 0 Å². The molecule has 1 saturated heterocycles. The summed E-state index contributed by atoms with van der Waals surface area (Å²) in [6, 6.07) is 53.9. The molecule has 0 aliphatic carbocycles. The molecule has 0 N–H and O–H groups in total. The lowest BCUT2D eigenvalue weighted by atomic mass is 10.0. The fourth-order valence-electron chi connectivity index (χ4n) is 6.97. The number of para-hydroxylation sites is 2. The average Bonchev–Trinajstić information content (AvgIpc) is 3.83. The number of ether oxygens (including phenoxy) is 1. The number of hydrogen-bond donors (Lipinski definition) is 0. The Morgan fingerprint density at radius 1 is 0.452 bits per heavy atom. The first-order chi connectivity index (χ1) is 20.9. The lowest BCUT2D eigenvalue weighted by molar-refractivity contribution is 0.198. The van der Waals surface area contributed by atoms with Gasteiger partial charge in [-0.2, -0.15) is 0 Å². The zero-order valence-electron chi connectivity index (χ0n) is 23.5. The van der Waals surface area contributed by atoms with Crippen molar-refractivity contribution >= 4 is 40.6 Å². The van der Waals surface area contributed by atoms with Crippen molar-refractivity contribution in [2.75, 3.05) is 13.2 Å². The average molecular weight is 561 g/mol. The van der Waals surface area contributed by atoms with Crippen LogP contribution in [0.1, 0.15) is 12.8 Å². The summed E-state index contributed by atoms with van der Waals surface area (Å²) in [6.07, 6.45) is 2.56. The Morgan fingerprint density at radius 2 is 0.857 bits per heavy atom. The summed E-state index contributed by atoms with van der Waals surface area (Å²) in [5.41, 5.74) is 7.68. The molecule has 2 aliphatic heterocycles. The van der Waals surface area contributed by atoms with Crippen molar-refractivity contribution in [3.63, 3.8) is 0 Å². The molecular weight excluding hydrogens is 529 g/mol. The van der Waals surface area contributed by atoms with E-state index in [0.29, 0.717) is 0 Å². The van der Waals surface area contributed by atoms with Gasteiger partial charge in [0.05, 0.1) is 0 Å². The van der Waals surface area contributed by atoms with E-state index in [1.54, 1.807) is 0 Å². The fraction of sp³-hybridized carbons (Fsp3) is 0.105. The van der Waals surface area contributed by atoms with Gasteiger partial charge in [-0.25, -0.2) is 0 Å². The lowest BCUT2D eigenvalue weighted by Gasteiger charge is -2.38. The number of rotatable bonds is 2. The van der Waals surface area contributed by atoms with E-state index in [9.17, 15) is 0 Å². The quantitative estimate of drug-likeness (QED) is 0.198. The normalized spacial score (nSPS) is 14.9. The Labute approximate surface area is 247 Å². The van der Waals surface area contributed by atoms with Gasteiger partial charge in [0.25, 0.3) is 0 Å². The summed E-state index contributed by atoms with van der Waals surface area (Å²) >= 11 is 0. The molecule has 0 radical (unpaired) electrons. The molecule has 2 aliphatic rings. The highest BCUT2D eigenvalue weighted by atomic mass is 28.3. The Balaban J connectivity index is 0.000000486. The lowest BCUT2D eigenvalue weighted by Crippen LogP contribution is -2.69. The van der Waals surface area contributed by atoms with Gasteiger partial charge in [-0.05, 0) is 58.3 Å². The van der Waals surface area contributed by atoms with Crippen LogP contribution in [0.2, 0.25) is 0 Å². The first kappa shape index (κ1) is 25.1. The van der Waals surface area contributed by atoms with Crippen molar-refractivity contribution in [2.45, 2.75) is 12.8 Å². The summed E-state index contributed by atoms with van der Waals surface area (Å²) in [5.74, 6) is 0. The third kappa shape index (κ3) is 3.76. The Kier molecular flexibility index (Phi) is 6.17. The van der Waals surface area contributed by atoms with E-state index in [1.165, 1.54) is 67.5 Å². The SMILES string of the molecule is C1CCOC1.c1ccc([Si]2(c3ccccc3)n3c(cc4ccccc43)-c3ccccc3-c3cc4ccccc4n32)cc1. The monoisotopic (exact) mass is 560 g/mol. The van der Waals surface area contributed by atoms with Crippen LogP contribution in [0.5, 0.6) is 0 Å². The van der Waals surface area contributed by atoms with Gasteiger partial charge in [0, 0.05) is 46.8 Å². The molecule has 5 aromatic carbocycles. The van der Waals surface area contributed by atoms with Crippen LogP contribution in [0.3, 0.4) is 0 Å². The second-order valence-corrected chi connectivity index (χ2v) is 14.5. The van der Waals surface area contributed by atoms with E-state index in [-0.39, 0.29) is 0 Å². The second kappa shape index (κ2) is 10.3. The first-order valence-corrected chi connectivity index (χ1v) is 16.8. The van der Waals surface area contributed by atoms with E-state index < -0.39 is 8.40 Å². The highest BCUT2D eigenvalue weighted by Gasteiger charge is 2.49. The largest absolute Gasteiger partial charge is 0.381 e. The predicted octanol–water partition coefficient (Wildman–Crippen LogP) is 7.69. The molecule has 9 rings (SSSR count). The van der Waals surface area contributed by atoms with Crippen molar-refractivity contribution in [1.29, 1.82) is 0 Å².